The minimum Gasteiger partial charge on any atom is -0.492 e. The lowest BCUT2D eigenvalue weighted by Gasteiger charge is -2.05. The second-order valence-corrected chi connectivity index (χ2v) is 8.71. The van der Waals surface area contributed by atoms with E-state index in [0.29, 0.717) is 6.61 Å². The van der Waals surface area contributed by atoms with E-state index in [1.807, 2.05) is 19.2 Å². The molecular weight excluding hydrogens is 394 g/mol. The van der Waals surface area contributed by atoms with Crippen molar-refractivity contribution in [2.45, 2.75) is 91.4 Å². The first-order valence-electron chi connectivity index (χ1n) is 12.7. The van der Waals surface area contributed by atoms with Crippen LogP contribution in [0.15, 0.2) is 46.7 Å². The van der Waals surface area contributed by atoms with Gasteiger partial charge in [-0.3, -0.25) is 4.99 Å². The number of nitrogens with one attached hydrogen (secondary N) is 2. The summed E-state index contributed by atoms with van der Waals surface area (Å²) in [5.74, 6) is 0.874. The Bertz CT molecular complexity index is 899. The van der Waals surface area contributed by atoms with E-state index in [4.69, 9.17) is 9.73 Å². The van der Waals surface area contributed by atoms with Gasteiger partial charge in [-0.1, -0.05) is 65.2 Å². The fourth-order valence-corrected chi connectivity index (χ4v) is 4.37. The van der Waals surface area contributed by atoms with Crippen LogP contribution in [0.1, 0.15) is 97.1 Å². The average Bonchev–Trinajstić information content (AvgIpc) is 3.54. The van der Waals surface area contributed by atoms with Gasteiger partial charge >= 0.3 is 0 Å². The zero-order valence-corrected chi connectivity index (χ0v) is 20.3. The van der Waals surface area contributed by atoms with Gasteiger partial charge in [-0.05, 0) is 56.0 Å². The molecule has 0 saturated carbocycles. The third-order valence-electron chi connectivity index (χ3n) is 6.13. The highest BCUT2D eigenvalue weighted by molar-refractivity contribution is 6.04. The van der Waals surface area contributed by atoms with Crippen LogP contribution in [-0.2, 0) is 0 Å². The van der Waals surface area contributed by atoms with Gasteiger partial charge in [0.1, 0.15) is 5.75 Å². The normalized spacial score (nSPS) is 14.8. The predicted molar refractivity (Wildman–Crippen MR) is 137 cm³/mol. The molecule has 0 saturated heterocycles. The van der Waals surface area contributed by atoms with Crippen molar-refractivity contribution >= 4 is 11.8 Å². The summed E-state index contributed by atoms with van der Waals surface area (Å²) in [7, 11) is 0. The Kier molecular flexibility index (Phi) is 9.93. The minimum absolute atomic E-state index is 0.640. The summed E-state index contributed by atoms with van der Waals surface area (Å²) in [6.07, 6.45) is 20.7. The molecule has 0 atom stereocenters. The van der Waals surface area contributed by atoms with E-state index < -0.39 is 0 Å². The first-order chi connectivity index (χ1) is 15.7. The smallest absolute Gasteiger partial charge is 0.144 e. The van der Waals surface area contributed by atoms with Crippen molar-refractivity contribution in [3.05, 3.63) is 47.4 Å². The van der Waals surface area contributed by atoms with Crippen molar-refractivity contribution in [1.82, 2.24) is 9.97 Å². The van der Waals surface area contributed by atoms with Crippen LogP contribution in [-0.4, -0.2) is 22.3 Å². The van der Waals surface area contributed by atoms with E-state index in [-0.39, 0.29) is 0 Å². The minimum atomic E-state index is 0.640. The number of H-pyrrole nitrogens is 2. The average molecular weight is 436 g/mol. The zero-order chi connectivity index (χ0) is 22.6. The molecule has 0 aromatic carbocycles. The van der Waals surface area contributed by atoms with Crippen molar-refractivity contribution in [2.75, 3.05) is 6.61 Å². The number of hydrogen-bond donors (Lipinski definition) is 2. The summed E-state index contributed by atoms with van der Waals surface area (Å²) in [5, 5.41) is 0. The maximum atomic E-state index is 5.88. The lowest BCUT2D eigenvalue weighted by Crippen LogP contribution is -1.97. The van der Waals surface area contributed by atoms with Gasteiger partial charge in [-0.25, -0.2) is 0 Å². The van der Waals surface area contributed by atoms with Crippen LogP contribution >= 0.6 is 0 Å². The Morgan fingerprint density at radius 3 is 2.34 bits per heavy atom. The Hall–Kier alpha value is -2.49. The summed E-state index contributed by atoms with van der Waals surface area (Å²) < 4.78 is 5.88. The van der Waals surface area contributed by atoms with E-state index in [1.165, 1.54) is 69.1 Å². The Morgan fingerprint density at radius 2 is 1.69 bits per heavy atom. The van der Waals surface area contributed by atoms with Crippen molar-refractivity contribution in [2.24, 2.45) is 4.99 Å². The van der Waals surface area contributed by atoms with E-state index >= 15 is 0 Å². The van der Waals surface area contributed by atoms with Gasteiger partial charge in [0.15, 0.2) is 0 Å². The highest BCUT2D eigenvalue weighted by Gasteiger charge is 2.15. The van der Waals surface area contributed by atoms with Crippen molar-refractivity contribution in [3.8, 4) is 17.1 Å². The fraction of sp³-hybridized carbons (Fsp3) is 0.536. The van der Waals surface area contributed by atoms with Crippen LogP contribution in [0.5, 0.6) is 5.75 Å². The van der Waals surface area contributed by atoms with Gasteiger partial charge in [0, 0.05) is 18.0 Å². The largest absolute Gasteiger partial charge is 0.492 e. The molecule has 0 aliphatic carbocycles. The Morgan fingerprint density at radius 1 is 0.938 bits per heavy atom. The van der Waals surface area contributed by atoms with Crippen molar-refractivity contribution in [1.29, 1.82) is 0 Å². The van der Waals surface area contributed by atoms with E-state index in [9.17, 15) is 0 Å². The van der Waals surface area contributed by atoms with Crippen LogP contribution in [0.3, 0.4) is 0 Å². The summed E-state index contributed by atoms with van der Waals surface area (Å²) in [4.78, 5) is 11.7. The standard InChI is InChI=1S/C28H41N3O/c1-4-7-8-9-10-11-12-13-14-16-22-19-23(30-24(22)5-2)20-27-28(32-6-3)21-26(31-27)25-17-15-18-29-25/h15,17-21,29,31H,4-14,16H2,1-3H3. The van der Waals surface area contributed by atoms with Gasteiger partial charge in [0.25, 0.3) is 0 Å². The highest BCUT2D eigenvalue weighted by atomic mass is 16.5. The van der Waals surface area contributed by atoms with Crippen LogP contribution in [0.25, 0.3) is 17.5 Å². The molecule has 1 aliphatic heterocycles. The molecule has 1 aliphatic rings. The monoisotopic (exact) mass is 435 g/mol. The fourth-order valence-electron chi connectivity index (χ4n) is 4.37. The Labute approximate surface area is 194 Å². The van der Waals surface area contributed by atoms with Gasteiger partial charge in [-0.15, -0.1) is 0 Å². The first kappa shape index (κ1) is 24.2. The molecule has 4 nitrogen and oxygen atoms in total. The molecule has 2 aromatic rings. The number of unbranched alkanes of at least 4 members (excludes halogenated alkanes) is 8. The zero-order valence-electron chi connectivity index (χ0n) is 20.3. The molecule has 0 radical (unpaired) electrons. The quantitative estimate of drug-likeness (QED) is 0.271. The number of aromatic nitrogens is 2. The molecule has 2 aromatic heterocycles. The number of aromatic amines is 2. The number of nitrogens with zero attached hydrogens (tertiary/aromatic N) is 1. The molecule has 0 spiro atoms. The first-order valence-corrected chi connectivity index (χ1v) is 12.7. The summed E-state index contributed by atoms with van der Waals surface area (Å²) >= 11 is 0. The maximum Gasteiger partial charge on any atom is 0.144 e. The Balaban J connectivity index is 1.57. The molecule has 0 bridgehead atoms. The molecule has 0 amide bonds. The lowest BCUT2D eigenvalue weighted by molar-refractivity contribution is 0.340. The van der Waals surface area contributed by atoms with Gasteiger partial charge < -0.3 is 14.7 Å². The molecule has 2 N–H and O–H groups in total. The molecular formula is C28H41N3O. The second kappa shape index (κ2) is 13.1. The van der Waals surface area contributed by atoms with E-state index in [0.717, 1.165) is 41.4 Å². The SMILES string of the molecule is CCCCCCCCCCCC1=CC(=Cc2[nH]c(-c3ccc[nH]3)cc2OCC)N=C1CC. The van der Waals surface area contributed by atoms with Gasteiger partial charge in [0.2, 0.25) is 0 Å². The molecule has 174 valence electrons. The lowest BCUT2D eigenvalue weighted by atomic mass is 10.0. The van der Waals surface area contributed by atoms with Crippen LogP contribution in [0.4, 0.5) is 0 Å². The van der Waals surface area contributed by atoms with Crippen LogP contribution < -0.4 is 4.74 Å². The van der Waals surface area contributed by atoms with E-state index in [2.05, 4.69) is 48.1 Å². The summed E-state index contributed by atoms with van der Waals surface area (Å²) in [5.41, 5.74) is 6.74. The second-order valence-electron chi connectivity index (χ2n) is 8.71. The maximum absolute atomic E-state index is 5.88. The molecule has 0 unspecified atom stereocenters. The highest BCUT2D eigenvalue weighted by Crippen LogP contribution is 2.31. The molecule has 3 rings (SSSR count). The van der Waals surface area contributed by atoms with Gasteiger partial charge in [0.05, 0.1) is 29.4 Å². The molecule has 32 heavy (non-hydrogen) atoms. The number of ether oxygens (including phenoxy) is 1. The topological polar surface area (TPSA) is 53.2 Å². The van der Waals surface area contributed by atoms with Crippen molar-refractivity contribution < 1.29 is 4.74 Å². The van der Waals surface area contributed by atoms with Crippen molar-refractivity contribution in [3.63, 3.8) is 0 Å². The summed E-state index contributed by atoms with van der Waals surface area (Å²) in [6.45, 7) is 7.14. The number of rotatable bonds is 15. The van der Waals surface area contributed by atoms with Gasteiger partial charge in [-0.2, -0.15) is 0 Å². The predicted octanol–water partition coefficient (Wildman–Crippen LogP) is 8.46. The molecule has 4 heteroatoms. The number of aliphatic imine (C=N–C) groups is 1. The van der Waals surface area contributed by atoms with Crippen LogP contribution in [0, 0.1) is 0 Å². The van der Waals surface area contributed by atoms with Crippen LogP contribution in [0.2, 0.25) is 0 Å². The van der Waals surface area contributed by atoms with E-state index in [1.54, 1.807) is 0 Å². The number of hydrogen-bond acceptors (Lipinski definition) is 2. The summed E-state index contributed by atoms with van der Waals surface area (Å²) in [6, 6.07) is 6.13. The molecule has 3 heterocycles. The molecule has 0 fully saturated rings. The third-order valence-corrected chi connectivity index (χ3v) is 6.13. The third kappa shape index (κ3) is 7.01. The number of allylic oxidation sites excluding steroid dienone is 2.